The number of carbonyl (C=O) groups excluding carboxylic acids is 2. The van der Waals surface area contributed by atoms with Gasteiger partial charge in [0.15, 0.2) is 23.7 Å². The van der Waals surface area contributed by atoms with Crippen molar-refractivity contribution in [2.45, 2.75) is 58.4 Å². The number of amides is 1. The van der Waals surface area contributed by atoms with E-state index in [0.717, 1.165) is 35.1 Å². The first-order chi connectivity index (χ1) is 21.9. The molecule has 0 aliphatic carbocycles. The van der Waals surface area contributed by atoms with Crippen molar-refractivity contribution in [1.29, 1.82) is 0 Å². The van der Waals surface area contributed by atoms with Crippen molar-refractivity contribution in [1.82, 2.24) is 20.6 Å². The molecule has 1 atom stereocenters. The summed E-state index contributed by atoms with van der Waals surface area (Å²) >= 11 is 1.57. The van der Waals surface area contributed by atoms with E-state index in [2.05, 4.69) is 41.4 Å². The summed E-state index contributed by atoms with van der Waals surface area (Å²) in [7, 11) is 1.65. The third-order valence-electron chi connectivity index (χ3n) is 6.89. The zero-order valence-electron chi connectivity index (χ0n) is 26.8. The van der Waals surface area contributed by atoms with Gasteiger partial charge in [0, 0.05) is 28.4 Å². The number of thiophene rings is 1. The van der Waals surface area contributed by atoms with Crippen LogP contribution in [-0.4, -0.2) is 59.5 Å². The van der Waals surface area contributed by atoms with Crippen LogP contribution in [0.3, 0.4) is 0 Å². The van der Waals surface area contributed by atoms with E-state index in [1.165, 1.54) is 10.9 Å². The molecule has 0 bridgehead atoms. The van der Waals surface area contributed by atoms with Crippen LogP contribution in [0.5, 0.6) is 5.75 Å². The van der Waals surface area contributed by atoms with E-state index in [0.29, 0.717) is 30.0 Å². The van der Waals surface area contributed by atoms with Crippen LogP contribution < -0.4 is 15.4 Å². The van der Waals surface area contributed by atoms with E-state index in [1.54, 1.807) is 42.9 Å². The van der Waals surface area contributed by atoms with Gasteiger partial charge < -0.3 is 20.5 Å². The number of hydrogen-bond acceptors (Lipinski definition) is 8. The zero-order chi connectivity index (χ0) is 33.7. The number of likely N-dealkylation sites (N-methyl/N-ethyl adjacent to an activating group) is 1. The molecule has 9 nitrogen and oxygen atoms in total. The highest BCUT2D eigenvalue weighted by molar-refractivity contribution is 7.13. The van der Waals surface area contributed by atoms with E-state index in [1.807, 2.05) is 43.3 Å². The van der Waals surface area contributed by atoms with Crippen LogP contribution in [0.15, 0.2) is 67.0 Å². The summed E-state index contributed by atoms with van der Waals surface area (Å²) in [5, 5.41) is 14.0. The van der Waals surface area contributed by atoms with Gasteiger partial charge in [0.25, 0.3) is 0 Å². The smallest absolute Gasteiger partial charge is 0.322 e. The molecule has 244 valence electrons. The normalized spacial score (nSPS) is 11.6. The maximum Gasteiger partial charge on any atom is 0.322 e. The second-order valence-corrected chi connectivity index (χ2v) is 12.7. The van der Waals surface area contributed by atoms with Crippen LogP contribution in [0.4, 0.5) is 4.39 Å². The fourth-order valence-corrected chi connectivity index (χ4v) is 5.09. The first-order valence-corrected chi connectivity index (χ1v) is 15.8. The molecule has 0 saturated heterocycles. The van der Waals surface area contributed by atoms with Crippen LogP contribution in [0.1, 0.15) is 60.6 Å². The highest BCUT2D eigenvalue weighted by atomic mass is 32.1. The number of carboxylic acid groups (broad SMARTS) is 1. The maximum atomic E-state index is 14.4. The fourth-order valence-electron chi connectivity index (χ4n) is 4.21. The minimum atomic E-state index is -1.10. The SMILES string of the molecule is CC(C)(C)c1ccc(C=O)s1.CCCCOc1ccc(-c2cnc(-c3ccc(CC(NC)C(=O)NCC(=O)O)cc3)nc2)cc1F. The summed E-state index contributed by atoms with van der Waals surface area (Å²) < 4.78 is 19.8. The number of aromatic nitrogens is 2. The average Bonchev–Trinajstić information content (AvgIpc) is 3.55. The van der Waals surface area contributed by atoms with Gasteiger partial charge in [-0.15, -0.1) is 11.3 Å². The summed E-state index contributed by atoms with van der Waals surface area (Å²) in [5.74, 6) is -1.14. The number of nitrogens with one attached hydrogen (secondary N) is 2. The predicted octanol–water partition coefficient (Wildman–Crippen LogP) is 6.32. The molecule has 3 N–H and O–H groups in total. The summed E-state index contributed by atoms with van der Waals surface area (Å²) in [6.07, 6.45) is 6.44. The lowest BCUT2D eigenvalue weighted by atomic mass is 9.95. The highest BCUT2D eigenvalue weighted by Crippen LogP contribution is 2.29. The van der Waals surface area contributed by atoms with Gasteiger partial charge in [-0.25, -0.2) is 14.4 Å². The quantitative estimate of drug-likeness (QED) is 0.114. The molecular weight excluding hydrogens is 607 g/mol. The van der Waals surface area contributed by atoms with Gasteiger partial charge in [-0.3, -0.25) is 14.4 Å². The molecule has 46 heavy (non-hydrogen) atoms. The van der Waals surface area contributed by atoms with E-state index in [4.69, 9.17) is 9.84 Å². The lowest BCUT2D eigenvalue weighted by Gasteiger charge is -2.15. The Hall–Kier alpha value is -4.48. The van der Waals surface area contributed by atoms with Gasteiger partial charge in [-0.2, -0.15) is 0 Å². The third-order valence-corrected chi connectivity index (χ3v) is 8.32. The van der Waals surface area contributed by atoms with Crippen molar-refractivity contribution in [2.75, 3.05) is 20.2 Å². The monoisotopic (exact) mass is 648 g/mol. The Morgan fingerprint density at radius 3 is 2.22 bits per heavy atom. The van der Waals surface area contributed by atoms with Crippen LogP contribution in [-0.2, 0) is 21.4 Å². The van der Waals surface area contributed by atoms with Crippen LogP contribution in [0.25, 0.3) is 22.5 Å². The largest absolute Gasteiger partial charge is 0.491 e. The van der Waals surface area contributed by atoms with E-state index in [9.17, 15) is 18.8 Å². The molecule has 1 unspecified atom stereocenters. The molecule has 0 radical (unpaired) electrons. The minimum absolute atomic E-state index is 0.173. The second-order valence-electron chi connectivity index (χ2n) is 11.6. The standard InChI is InChI=1S/C26H29FN4O4.C9H12OS/c1-3-4-11-35-23-10-9-19(13-21(23)27)20-14-29-25(30-15-20)18-7-5-17(6-8-18)12-22(28-2)26(34)31-16-24(32)33;1-9(2,3)8-5-4-7(6-10)11-8/h5-10,13-15,22,28H,3-4,11-12,16H2,1-2H3,(H,31,34)(H,32,33);4-6H,1-3H3. The number of halogens is 1. The number of aldehydes is 1. The Morgan fingerprint density at radius 1 is 1.02 bits per heavy atom. The summed E-state index contributed by atoms with van der Waals surface area (Å²) in [4.78, 5) is 44.1. The Labute approximate surface area is 273 Å². The van der Waals surface area contributed by atoms with E-state index < -0.39 is 24.4 Å². The third kappa shape index (κ3) is 10.8. The molecule has 0 aliphatic heterocycles. The topological polar surface area (TPSA) is 131 Å². The molecule has 4 aromatic rings. The number of nitrogens with zero attached hydrogens (tertiary/aromatic N) is 2. The van der Waals surface area contributed by atoms with Crippen molar-refractivity contribution in [3.05, 3.63) is 88.1 Å². The summed E-state index contributed by atoms with van der Waals surface area (Å²) in [5.41, 5.74) is 3.21. The summed E-state index contributed by atoms with van der Waals surface area (Å²) in [6.45, 7) is 8.55. The molecular formula is C35H41FN4O5S. The number of hydrogen-bond donors (Lipinski definition) is 3. The van der Waals surface area contributed by atoms with Gasteiger partial charge in [0.2, 0.25) is 5.91 Å². The van der Waals surface area contributed by atoms with Gasteiger partial charge in [-0.05, 0) is 60.7 Å². The number of unbranched alkanes of at least 4 members (excludes halogenated alkanes) is 1. The van der Waals surface area contributed by atoms with Crippen molar-refractivity contribution >= 4 is 29.5 Å². The number of carboxylic acids is 1. The Balaban J connectivity index is 0.000000441. The first kappa shape index (κ1) is 36.0. The lowest BCUT2D eigenvalue weighted by Crippen LogP contribution is -2.45. The average molecular weight is 649 g/mol. The molecule has 0 saturated carbocycles. The number of benzene rings is 2. The highest BCUT2D eigenvalue weighted by Gasteiger charge is 2.18. The molecule has 2 aromatic heterocycles. The maximum absolute atomic E-state index is 14.4. The Morgan fingerprint density at radius 2 is 1.70 bits per heavy atom. The molecule has 2 heterocycles. The molecule has 0 aliphatic rings. The van der Waals surface area contributed by atoms with Gasteiger partial charge >= 0.3 is 5.97 Å². The van der Waals surface area contributed by atoms with E-state index >= 15 is 0 Å². The van der Waals surface area contributed by atoms with Crippen LogP contribution >= 0.6 is 11.3 Å². The molecule has 1 amide bonds. The minimum Gasteiger partial charge on any atom is -0.491 e. The van der Waals surface area contributed by atoms with Crippen LogP contribution in [0.2, 0.25) is 0 Å². The molecule has 4 rings (SSSR count). The number of rotatable bonds is 13. The van der Waals surface area contributed by atoms with Crippen molar-refractivity contribution < 1.29 is 28.6 Å². The van der Waals surface area contributed by atoms with Crippen molar-refractivity contribution in [3.63, 3.8) is 0 Å². The Kier molecular flexibility index (Phi) is 13.5. The first-order valence-electron chi connectivity index (χ1n) is 15.0. The molecule has 0 spiro atoms. The van der Waals surface area contributed by atoms with Gasteiger partial charge in [0.1, 0.15) is 6.54 Å². The fraction of sp³-hybridized carbons (Fsp3) is 0.343. The van der Waals surface area contributed by atoms with E-state index in [-0.39, 0.29) is 17.1 Å². The molecule has 11 heteroatoms. The summed E-state index contributed by atoms with van der Waals surface area (Å²) in [6, 6.07) is 15.6. The van der Waals surface area contributed by atoms with Crippen molar-refractivity contribution in [2.24, 2.45) is 0 Å². The second kappa shape index (κ2) is 17.3. The van der Waals surface area contributed by atoms with Gasteiger partial charge in [0.05, 0.1) is 17.5 Å². The van der Waals surface area contributed by atoms with Gasteiger partial charge in [-0.1, -0.05) is 64.4 Å². The lowest BCUT2D eigenvalue weighted by molar-refractivity contribution is -0.138. The Bertz CT molecular complexity index is 1580. The van der Waals surface area contributed by atoms with Crippen molar-refractivity contribution in [3.8, 4) is 28.3 Å². The van der Waals surface area contributed by atoms with Crippen LogP contribution in [0, 0.1) is 5.82 Å². The number of aliphatic carboxylic acids is 1. The predicted molar refractivity (Wildman–Crippen MR) is 179 cm³/mol. The zero-order valence-corrected chi connectivity index (χ0v) is 27.6. The number of ether oxygens (including phenoxy) is 1. The molecule has 0 fully saturated rings. The molecule has 2 aromatic carbocycles. The number of carbonyl (C=O) groups is 3.